The van der Waals surface area contributed by atoms with Crippen molar-refractivity contribution in [1.82, 2.24) is 0 Å². The molecule has 0 aromatic heterocycles. The molecule has 0 N–H and O–H groups in total. The van der Waals surface area contributed by atoms with Gasteiger partial charge in [0.2, 0.25) is 0 Å². The van der Waals surface area contributed by atoms with Crippen LogP contribution in [0.2, 0.25) is 0 Å². The Kier molecular flexibility index (Phi) is 10.5. The van der Waals surface area contributed by atoms with E-state index >= 15 is 0 Å². The van der Waals surface area contributed by atoms with Crippen molar-refractivity contribution in [3.63, 3.8) is 0 Å². The summed E-state index contributed by atoms with van der Waals surface area (Å²) in [5.41, 5.74) is 0. The Morgan fingerprint density at radius 3 is 1.09 bits per heavy atom. The summed E-state index contributed by atoms with van der Waals surface area (Å²) < 4.78 is 15.6. The molecule has 128 valence electrons. The first kappa shape index (κ1) is 21.2. The van der Waals surface area contributed by atoms with Crippen LogP contribution in [0.15, 0.2) is 0 Å². The van der Waals surface area contributed by atoms with E-state index in [0.29, 0.717) is 19.3 Å². The van der Waals surface area contributed by atoms with Gasteiger partial charge in [-0.15, -0.1) is 0 Å². The molecule has 7 heteroatoms. The van der Waals surface area contributed by atoms with Gasteiger partial charge in [0.15, 0.2) is 0 Å². The van der Waals surface area contributed by atoms with Crippen molar-refractivity contribution in [3.8, 4) is 0 Å². The molecule has 0 bridgehead atoms. The fourth-order valence-corrected chi connectivity index (χ4v) is 4.16. The summed E-state index contributed by atoms with van der Waals surface area (Å²) in [7, 11) is 0. The van der Waals surface area contributed by atoms with Crippen molar-refractivity contribution in [2.75, 3.05) is 0 Å². The van der Waals surface area contributed by atoms with Crippen LogP contribution >= 0.6 is 0 Å². The van der Waals surface area contributed by atoms with Gasteiger partial charge in [0.25, 0.3) is 0 Å². The Balaban J connectivity index is 4.86. The van der Waals surface area contributed by atoms with Gasteiger partial charge in [-0.2, -0.15) is 0 Å². The molecule has 0 aliphatic rings. The molecule has 3 unspecified atom stereocenters. The molecule has 22 heavy (non-hydrogen) atoms. The summed E-state index contributed by atoms with van der Waals surface area (Å²) in [6.07, 6.45) is 1.81. The number of carbonyl (C=O) groups is 3. The van der Waals surface area contributed by atoms with Crippen LogP contribution in [0.25, 0.3) is 0 Å². The quantitative estimate of drug-likeness (QED) is 0.529. The Hall–Kier alpha value is -0.772. The summed E-state index contributed by atoms with van der Waals surface area (Å²) in [5, 5.41) is 0. The van der Waals surface area contributed by atoms with E-state index in [1.54, 1.807) is 20.8 Å². The Morgan fingerprint density at radius 1 is 0.682 bits per heavy atom. The minimum absolute atomic E-state index is 0.323. The van der Waals surface area contributed by atoms with Crippen LogP contribution in [0, 0.1) is 17.8 Å². The van der Waals surface area contributed by atoms with E-state index in [9.17, 15) is 14.4 Å². The van der Waals surface area contributed by atoms with E-state index in [4.69, 9.17) is 9.05 Å². The second-order valence-electron chi connectivity index (χ2n) is 5.38. The first-order chi connectivity index (χ1) is 10.3. The van der Waals surface area contributed by atoms with E-state index in [0.717, 1.165) is 0 Å². The summed E-state index contributed by atoms with van der Waals surface area (Å²) in [5.74, 6) is -2.43. The van der Waals surface area contributed by atoms with Crippen LogP contribution in [-0.4, -0.2) is 39.4 Å². The first-order valence-corrected chi connectivity index (χ1v) is 10.8. The molecule has 0 aliphatic heterocycles. The standard InChI is InChI=1S/3C5H10O2.Sb/c3*1-3-4(2)5(6)7;/h3*4H,3H2,1-2H3,(H,6,7);/q;;;+3/p-3. The molecule has 0 amide bonds. The third kappa shape index (κ3) is 7.48. The van der Waals surface area contributed by atoms with Gasteiger partial charge in [-0.3, -0.25) is 0 Å². The number of hydrogen-bond donors (Lipinski definition) is 0. The van der Waals surface area contributed by atoms with Crippen molar-refractivity contribution in [2.24, 2.45) is 17.8 Å². The summed E-state index contributed by atoms with van der Waals surface area (Å²) in [6.45, 7) is 10.7. The fourth-order valence-electron chi connectivity index (χ4n) is 1.05. The van der Waals surface area contributed by atoms with E-state index in [1.807, 2.05) is 20.8 Å². The number of rotatable bonds is 9. The average Bonchev–Trinajstić information content (AvgIpc) is 2.51. The third-order valence-electron chi connectivity index (χ3n) is 3.54. The van der Waals surface area contributed by atoms with Gasteiger partial charge in [-0.1, -0.05) is 0 Å². The summed E-state index contributed by atoms with van der Waals surface area (Å²) in [4.78, 5) is 35.6. The van der Waals surface area contributed by atoms with E-state index in [2.05, 4.69) is 0 Å². The van der Waals surface area contributed by atoms with Crippen LogP contribution in [0.4, 0.5) is 0 Å². The van der Waals surface area contributed by atoms with Gasteiger partial charge in [0.1, 0.15) is 0 Å². The molecule has 0 rings (SSSR count). The Morgan fingerprint density at radius 2 is 0.909 bits per heavy atom. The Labute approximate surface area is 141 Å². The van der Waals surface area contributed by atoms with Gasteiger partial charge in [-0.25, -0.2) is 0 Å². The second-order valence-corrected chi connectivity index (χ2v) is 8.22. The first-order valence-electron chi connectivity index (χ1n) is 7.72. The van der Waals surface area contributed by atoms with Crippen molar-refractivity contribution < 1.29 is 23.4 Å². The van der Waals surface area contributed by atoms with E-state index < -0.39 is 39.4 Å². The van der Waals surface area contributed by atoms with Gasteiger partial charge >= 0.3 is 141 Å². The van der Waals surface area contributed by atoms with Gasteiger partial charge in [0, 0.05) is 0 Å². The third-order valence-corrected chi connectivity index (χ3v) is 6.35. The van der Waals surface area contributed by atoms with Crippen molar-refractivity contribution in [1.29, 1.82) is 0 Å². The molecule has 0 aromatic rings. The van der Waals surface area contributed by atoms with E-state index in [-0.39, 0.29) is 17.8 Å². The Bertz CT molecular complexity index is 327. The normalized spacial score (nSPS) is 14.9. The van der Waals surface area contributed by atoms with Crippen LogP contribution in [-0.2, 0) is 23.4 Å². The monoisotopic (exact) mass is 424 g/mol. The molecular formula is C15H27O6Sb. The molecule has 0 spiro atoms. The molecule has 0 saturated heterocycles. The molecule has 3 atom stereocenters. The second kappa shape index (κ2) is 10.9. The molecule has 0 saturated carbocycles. The fraction of sp³-hybridized carbons (Fsp3) is 0.800. The zero-order chi connectivity index (χ0) is 17.3. The molecular weight excluding hydrogens is 398 g/mol. The van der Waals surface area contributed by atoms with Gasteiger partial charge in [-0.05, 0) is 0 Å². The zero-order valence-electron chi connectivity index (χ0n) is 14.3. The van der Waals surface area contributed by atoms with Crippen LogP contribution in [0.5, 0.6) is 0 Å². The molecule has 0 aromatic carbocycles. The zero-order valence-corrected chi connectivity index (χ0v) is 16.8. The summed E-state index contributed by atoms with van der Waals surface area (Å²) in [6, 6.07) is 0. The topological polar surface area (TPSA) is 78.9 Å². The van der Waals surface area contributed by atoms with E-state index in [1.165, 1.54) is 0 Å². The average molecular weight is 425 g/mol. The van der Waals surface area contributed by atoms with Crippen molar-refractivity contribution in [2.45, 2.75) is 60.8 Å². The summed E-state index contributed by atoms with van der Waals surface area (Å²) >= 11 is -3.66. The van der Waals surface area contributed by atoms with Crippen LogP contribution < -0.4 is 0 Å². The minimum atomic E-state index is -3.66. The molecule has 0 heterocycles. The molecule has 0 aliphatic carbocycles. The molecule has 0 fully saturated rings. The molecule has 6 nitrogen and oxygen atoms in total. The van der Waals surface area contributed by atoms with Crippen LogP contribution in [0.1, 0.15) is 60.8 Å². The number of carbonyl (C=O) groups excluding carboxylic acids is 3. The van der Waals surface area contributed by atoms with Crippen molar-refractivity contribution >= 4 is 39.4 Å². The predicted octanol–water partition coefficient (Wildman–Crippen LogP) is 2.74. The molecule has 0 radical (unpaired) electrons. The SMILES string of the molecule is CCC(C)C(=O)[O][Sb]([O]C(=O)C(C)CC)[O]C(=O)C(C)CC. The maximum absolute atomic E-state index is 11.9. The van der Waals surface area contributed by atoms with Gasteiger partial charge in [0.05, 0.1) is 0 Å². The number of hydrogen-bond acceptors (Lipinski definition) is 6. The predicted molar refractivity (Wildman–Crippen MR) is 82.4 cm³/mol. The van der Waals surface area contributed by atoms with Crippen molar-refractivity contribution in [3.05, 3.63) is 0 Å². The van der Waals surface area contributed by atoms with Crippen LogP contribution in [0.3, 0.4) is 0 Å². The maximum atomic E-state index is 11.9. The van der Waals surface area contributed by atoms with Gasteiger partial charge < -0.3 is 0 Å².